The zero-order valence-electron chi connectivity index (χ0n) is 18.8. The Bertz CT molecular complexity index is 1360. The van der Waals surface area contributed by atoms with Gasteiger partial charge >= 0.3 is 6.36 Å². The molecule has 1 heterocycles. The molecule has 10 heteroatoms. The van der Waals surface area contributed by atoms with Crippen LogP contribution in [0.2, 0.25) is 0 Å². The number of alkyl halides is 3. The lowest BCUT2D eigenvalue weighted by Crippen LogP contribution is -2.24. The summed E-state index contributed by atoms with van der Waals surface area (Å²) in [4.78, 5) is 4.48. The maximum Gasteiger partial charge on any atom is 0.522 e. The van der Waals surface area contributed by atoms with Gasteiger partial charge in [0.25, 0.3) is 0 Å². The summed E-state index contributed by atoms with van der Waals surface area (Å²) < 4.78 is 46.2. The number of benzene rings is 3. The number of hydrogen-bond acceptors (Lipinski definition) is 5. The maximum absolute atomic E-state index is 12.2. The quantitative estimate of drug-likeness (QED) is 0.180. The number of anilines is 1. The number of oxazole rings is 1. The molecule has 4 rings (SSSR count). The highest BCUT2D eigenvalue weighted by atomic mass is 32.1. The topological polar surface area (TPSA) is 71.7 Å². The molecule has 0 saturated heterocycles. The van der Waals surface area contributed by atoms with E-state index in [-0.39, 0.29) is 0 Å². The molecule has 1 aromatic heterocycles. The van der Waals surface area contributed by atoms with Crippen LogP contribution in [-0.2, 0) is 11.3 Å². The normalized spacial score (nSPS) is 11.8. The summed E-state index contributed by atoms with van der Waals surface area (Å²) in [6.07, 6.45) is -3.06. The summed E-state index contributed by atoms with van der Waals surface area (Å²) in [5.41, 5.74) is 8.89. The second-order valence-corrected chi connectivity index (χ2v) is 8.18. The number of aromatic nitrogens is 1. The van der Waals surface area contributed by atoms with Gasteiger partial charge in [-0.25, -0.2) is 4.98 Å². The Hall–Kier alpha value is -3.76. The van der Waals surface area contributed by atoms with E-state index in [1.807, 2.05) is 38.1 Å². The van der Waals surface area contributed by atoms with Crippen LogP contribution in [0.5, 0.6) is 0 Å². The van der Waals surface area contributed by atoms with Gasteiger partial charge in [-0.05, 0) is 78.7 Å². The van der Waals surface area contributed by atoms with Gasteiger partial charge in [0.1, 0.15) is 5.52 Å². The average Bonchev–Trinajstić information content (AvgIpc) is 3.24. The number of ether oxygens (including phenoxy) is 1. The monoisotopic (exact) mass is 498 g/mol. The van der Waals surface area contributed by atoms with Gasteiger partial charge in [0.2, 0.25) is 5.89 Å². The summed E-state index contributed by atoms with van der Waals surface area (Å²) in [5, 5.41) is 7.70. The molecule has 3 aromatic carbocycles. The molecule has 2 N–H and O–H groups in total. The molecule has 0 atom stereocenters. The number of nitrogens with zero attached hydrogens (tertiary/aromatic N) is 2. The lowest BCUT2D eigenvalue weighted by Gasteiger charge is -2.12. The van der Waals surface area contributed by atoms with Gasteiger partial charge < -0.3 is 9.73 Å². The summed E-state index contributed by atoms with van der Waals surface area (Å²) in [6.45, 7) is 3.44. The fourth-order valence-corrected chi connectivity index (χ4v) is 3.53. The summed E-state index contributed by atoms with van der Waals surface area (Å²) in [6, 6.07) is 17.7. The number of nitrogens with one attached hydrogen (secondary N) is 2. The molecule has 0 fully saturated rings. The van der Waals surface area contributed by atoms with E-state index in [2.05, 4.69) is 25.6 Å². The fourth-order valence-electron chi connectivity index (χ4n) is 3.38. The number of hydrazone groups is 1. The fraction of sp³-hybridized carbons (Fsp3) is 0.160. The highest BCUT2D eigenvalue weighted by Crippen LogP contribution is 2.26. The Morgan fingerprint density at radius 3 is 2.49 bits per heavy atom. The Kier molecular flexibility index (Phi) is 7.13. The molecule has 0 amide bonds. The summed E-state index contributed by atoms with van der Waals surface area (Å²) in [5.74, 6) is 0.356. The lowest BCUT2D eigenvalue weighted by atomic mass is 10.1. The van der Waals surface area contributed by atoms with Crippen LogP contribution in [0.1, 0.15) is 22.3 Å². The van der Waals surface area contributed by atoms with Crippen molar-refractivity contribution in [2.75, 3.05) is 5.32 Å². The molecule has 35 heavy (non-hydrogen) atoms. The van der Waals surface area contributed by atoms with Gasteiger partial charge in [-0.1, -0.05) is 30.3 Å². The van der Waals surface area contributed by atoms with Crippen LogP contribution in [-0.4, -0.2) is 22.7 Å². The summed E-state index contributed by atoms with van der Waals surface area (Å²) in [7, 11) is 0. The van der Waals surface area contributed by atoms with E-state index in [0.717, 1.165) is 22.4 Å². The molecule has 0 aliphatic heterocycles. The predicted octanol–water partition coefficient (Wildman–Crippen LogP) is 6.47. The van der Waals surface area contributed by atoms with E-state index in [1.54, 1.807) is 30.5 Å². The Morgan fingerprint density at radius 2 is 1.80 bits per heavy atom. The first-order chi connectivity index (χ1) is 16.7. The minimum Gasteiger partial charge on any atom is -0.436 e. The third kappa shape index (κ3) is 6.43. The molecular weight excluding hydrogens is 477 g/mol. The molecular formula is C25H21F3N4O2S. The highest BCUT2D eigenvalue weighted by Gasteiger charge is 2.28. The molecule has 0 radical (unpaired) electrons. The van der Waals surface area contributed by atoms with Crippen molar-refractivity contribution in [1.82, 2.24) is 10.4 Å². The molecule has 0 saturated carbocycles. The van der Waals surface area contributed by atoms with Crippen molar-refractivity contribution in [3.05, 3.63) is 82.9 Å². The Balaban J connectivity index is 1.40. The van der Waals surface area contributed by atoms with Gasteiger partial charge in [0.05, 0.1) is 12.8 Å². The molecule has 0 aliphatic carbocycles. The van der Waals surface area contributed by atoms with Crippen LogP contribution in [0.3, 0.4) is 0 Å². The molecule has 0 aliphatic rings. The van der Waals surface area contributed by atoms with E-state index in [4.69, 9.17) is 16.6 Å². The molecule has 0 unspecified atom stereocenters. The predicted molar refractivity (Wildman–Crippen MR) is 133 cm³/mol. The maximum atomic E-state index is 12.2. The smallest absolute Gasteiger partial charge is 0.436 e. The van der Waals surface area contributed by atoms with Crippen molar-refractivity contribution in [3.63, 3.8) is 0 Å². The van der Waals surface area contributed by atoms with Crippen LogP contribution >= 0.6 is 12.2 Å². The van der Waals surface area contributed by atoms with Crippen LogP contribution in [0.25, 0.3) is 22.6 Å². The van der Waals surface area contributed by atoms with Gasteiger partial charge in [0.15, 0.2) is 10.7 Å². The average molecular weight is 499 g/mol. The number of aryl methyl sites for hydroxylation is 2. The first-order valence-corrected chi connectivity index (χ1v) is 11.0. The van der Waals surface area contributed by atoms with E-state index < -0.39 is 13.0 Å². The number of halogens is 3. The number of hydrogen-bond donors (Lipinski definition) is 2. The molecule has 4 aromatic rings. The highest BCUT2D eigenvalue weighted by molar-refractivity contribution is 7.80. The van der Waals surface area contributed by atoms with Gasteiger partial charge in [0, 0.05) is 11.3 Å². The standard InChI is InChI=1S/C25H21F3N4O2S/c1-15-4-3-5-16(2)22(15)31-24(35)32-29-13-18-8-11-21-20(12-18)30-23(34-21)19-9-6-17(7-10-19)14-33-25(26,27)28/h3-13H,14H2,1-2H3,(H2,31,32,35)/b29-13+. The number of fused-ring (bicyclic) bond motifs is 1. The zero-order chi connectivity index (χ0) is 25.0. The summed E-state index contributed by atoms with van der Waals surface area (Å²) >= 11 is 5.32. The molecule has 6 nitrogen and oxygen atoms in total. The van der Waals surface area contributed by atoms with Crippen molar-refractivity contribution in [2.45, 2.75) is 26.8 Å². The molecule has 0 spiro atoms. The van der Waals surface area contributed by atoms with Crippen molar-refractivity contribution >= 4 is 40.3 Å². The van der Waals surface area contributed by atoms with Crippen molar-refractivity contribution < 1.29 is 22.3 Å². The van der Waals surface area contributed by atoms with Crippen molar-refractivity contribution in [2.24, 2.45) is 5.10 Å². The van der Waals surface area contributed by atoms with E-state index >= 15 is 0 Å². The van der Waals surface area contributed by atoms with Crippen LogP contribution in [0, 0.1) is 13.8 Å². The minimum atomic E-state index is -4.67. The van der Waals surface area contributed by atoms with Gasteiger partial charge in [-0.2, -0.15) is 5.10 Å². The largest absolute Gasteiger partial charge is 0.522 e. The Morgan fingerprint density at radius 1 is 1.09 bits per heavy atom. The van der Waals surface area contributed by atoms with E-state index in [1.165, 1.54) is 12.1 Å². The second kappa shape index (κ2) is 10.2. The van der Waals surface area contributed by atoms with E-state index in [0.29, 0.717) is 33.2 Å². The Labute approximate surface area is 204 Å². The van der Waals surface area contributed by atoms with Crippen molar-refractivity contribution in [1.29, 1.82) is 0 Å². The van der Waals surface area contributed by atoms with Crippen molar-refractivity contribution in [3.8, 4) is 11.5 Å². The number of thiocarbonyl (C=S) groups is 1. The van der Waals surface area contributed by atoms with E-state index in [9.17, 15) is 13.2 Å². The number of para-hydroxylation sites is 1. The molecule has 0 bridgehead atoms. The van der Waals surface area contributed by atoms with Gasteiger partial charge in [-0.15, -0.1) is 13.2 Å². The first kappa shape index (κ1) is 24.4. The van der Waals surface area contributed by atoms with Crippen LogP contribution in [0.4, 0.5) is 18.9 Å². The number of rotatable bonds is 6. The third-order valence-corrected chi connectivity index (χ3v) is 5.31. The molecule has 180 valence electrons. The van der Waals surface area contributed by atoms with Gasteiger partial charge in [-0.3, -0.25) is 10.2 Å². The van der Waals surface area contributed by atoms with Crippen LogP contribution in [0.15, 0.2) is 70.2 Å². The second-order valence-electron chi connectivity index (χ2n) is 7.77. The minimum absolute atomic E-state index is 0.356. The lowest BCUT2D eigenvalue weighted by molar-refractivity contribution is -0.330. The first-order valence-electron chi connectivity index (χ1n) is 10.5. The zero-order valence-corrected chi connectivity index (χ0v) is 19.6. The third-order valence-electron chi connectivity index (χ3n) is 5.11. The SMILES string of the molecule is Cc1cccc(C)c1NC(=S)N/N=C/c1ccc2oc(-c3ccc(COC(F)(F)F)cc3)nc2c1. The van der Waals surface area contributed by atoms with Crippen LogP contribution < -0.4 is 10.7 Å².